The summed E-state index contributed by atoms with van der Waals surface area (Å²) in [7, 11) is 0. The molecule has 0 radical (unpaired) electrons. The average Bonchev–Trinajstić information content (AvgIpc) is 2.40. The van der Waals surface area contributed by atoms with Crippen LogP contribution in [0.15, 0.2) is 24.3 Å². The summed E-state index contributed by atoms with van der Waals surface area (Å²) >= 11 is 2.07. The van der Waals surface area contributed by atoms with Crippen molar-refractivity contribution in [2.45, 2.75) is 44.9 Å². The monoisotopic (exact) mass is 306 g/mol. The molecule has 1 aromatic carbocycles. The van der Waals surface area contributed by atoms with E-state index in [4.69, 9.17) is 5.73 Å². The van der Waals surface area contributed by atoms with Gasteiger partial charge in [0.2, 0.25) is 0 Å². The third-order valence-corrected chi connectivity index (χ3v) is 5.42. The van der Waals surface area contributed by atoms with Crippen molar-refractivity contribution < 1.29 is 0 Å². The van der Waals surface area contributed by atoms with E-state index in [9.17, 15) is 0 Å². The van der Waals surface area contributed by atoms with Gasteiger partial charge in [-0.05, 0) is 37.3 Å². The molecular weight excluding hydrogens is 276 g/mol. The Kier molecular flexibility index (Phi) is 5.75. The predicted molar refractivity (Wildman–Crippen MR) is 94.9 cm³/mol. The van der Waals surface area contributed by atoms with Gasteiger partial charge in [0.1, 0.15) is 0 Å². The number of hydrogen-bond donors (Lipinski definition) is 1. The second-order valence-electron chi connectivity index (χ2n) is 7.17. The zero-order valence-electron chi connectivity index (χ0n) is 13.9. The van der Waals surface area contributed by atoms with Crippen LogP contribution in [0.25, 0.3) is 0 Å². The second kappa shape index (κ2) is 7.17. The maximum atomic E-state index is 6.09. The molecule has 1 aliphatic rings. The molecule has 0 saturated carbocycles. The van der Waals surface area contributed by atoms with Gasteiger partial charge >= 0.3 is 0 Å². The van der Waals surface area contributed by atoms with Gasteiger partial charge in [0.15, 0.2) is 0 Å². The first-order valence-electron chi connectivity index (χ1n) is 8.08. The summed E-state index contributed by atoms with van der Waals surface area (Å²) in [6, 6.07) is 9.48. The van der Waals surface area contributed by atoms with Crippen LogP contribution in [0.2, 0.25) is 0 Å². The van der Waals surface area contributed by atoms with E-state index in [0.717, 1.165) is 19.5 Å². The average molecular weight is 307 g/mol. The molecule has 0 bridgehead atoms. The molecular formula is C18H30N2S. The van der Waals surface area contributed by atoms with Crippen LogP contribution in [-0.2, 0) is 6.42 Å². The Labute approximate surface area is 134 Å². The molecule has 3 heteroatoms. The van der Waals surface area contributed by atoms with Crippen molar-refractivity contribution in [2.24, 2.45) is 11.7 Å². The molecule has 2 rings (SSSR count). The lowest BCUT2D eigenvalue weighted by molar-refractivity contribution is 0.192. The van der Waals surface area contributed by atoms with E-state index in [2.05, 4.69) is 68.6 Å². The summed E-state index contributed by atoms with van der Waals surface area (Å²) in [6.45, 7) is 12.2. The number of benzene rings is 1. The van der Waals surface area contributed by atoms with Gasteiger partial charge in [0.05, 0.1) is 0 Å². The maximum absolute atomic E-state index is 6.09. The quantitative estimate of drug-likeness (QED) is 0.899. The number of hydrogen-bond acceptors (Lipinski definition) is 3. The highest BCUT2D eigenvalue weighted by Gasteiger charge is 2.31. The topological polar surface area (TPSA) is 29.3 Å². The van der Waals surface area contributed by atoms with Gasteiger partial charge in [-0.15, -0.1) is 0 Å². The molecule has 2 N–H and O–H groups in total. The normalized spacial score (nSPS) is 20.7. The predicted octanol–water partition coefficient (Wildman–Crippen LogP) is 3.71. The number of thioether (sulfide) groups is 1. The highest BCUT2D eigenvalue weighted by Crippen LogP contribution is 2.33. The van der Waals surface area contributed by atoms with E-state index in [1.54, 1.807) is 0 Å². The van der Waals surface area contributed by atoms with Gasteiger partial charge in [-0.25, -0.2) is 0 Å². The van der Waals surface area contributed by atoms with Crippen molar-refractivity contribution in [1.82, 2.24) is 4.90 Å². The Hall–Kier alpha value is -0.510. The lowest BCUT2D eigenvalue weighted by Gasteiger charge is -2.41. The van der Waals surface area contributed by atoms with E-state index in [0.29, 0.717) is 23.3 Å². The Balaban J connectivity index is 2.10. The second-order valence-corrected chi connectivity index (χ2v) is 8.97. The lowest BCUT2D eigenvalue weighted by atomic mass is 9.98. The van der Waals surface area contributed by atoms with Crippen LogP contribution in [0.5, 0.6) is 0 Å². The summed E-state index contributed by atoms with van der Waals surface area (Å²) in [5.74, 6) is 1.91. The Morgan fingerprint density at radius 2 is 1.90 bits per heavy atom. The third-order valence-electron chi connectivity index (χ3n) is 4.13. The van der Waals surface area contributed by atoms with Crippen LogP contribution in [-0.4, -0.2) is 35.0 Å². The molecule has 2 nitrogen and oxygen atoms in total. The first-order chi connectivity index (χ1) is 9.91. The van der Waals surface area contributed by atoms with Crippen LogP contribution >= 0.6 is 11.8 Å². The van der Waals surface area contributed by atoms with Gasteiger partial charge in [-0.3, -0.25) is 4.90 Å². The fourth-order valence-corrected chi connectivity index (χ4v) is 4.30. The highest BCUT2D eigenvalue weighted by molar-refractivity contribution is 8.00. The Morgan fingerprint density at radius 1 is 1.24 bits per heavy atom. The summed E-state index contributed by atoms with van der Waals surface area (Å²) in [6.07, 6.45) is 1.15. The summed E-state index contributed by atoms with van der Waals surface area (Å²) in [4.78, 5) is 2.56. The molecule has 1 unspecified atom stereocenters. The molecule has 1 saturated heterocycles. The van der Waals surface area contributed by atoms with Crippen LogP contribution in [0.1, 0.15) is 44.9 Å². The minimum atomic E-state index is 0.337. The van der Waals surface area contributed by atoms with Crippen molar-refractivity contribution in [3.05, 3.63) is 35.4 Å². The Bertz CT molecular complexity index is 439. The molecule has 0 aliphatic carbocycles. The van der Waals surface area contributed by atoms with E-state index < -0.39 is 0 Å². The van der Waals surface area contributed by atoms with Crippen LogP contribution in [0, 0.1) is 5.92 Å². The van der Waals surface area contributed by atoms with E-state index in [1.807, 2.05) is 0 Å². The van der Waals surface area contributed by atoms with E-state index >= 15 is 0 Å². The van der Waals surface area contributed by atoms with E-state index in [-0.39, 0.29) is 0 Å². The van der Waals surface area contributed by atoms with Gasteiger partial charge in [0, 0.05) is 36.2 Å². The highest BCUT2D eigenvalue weighted by atomic mass is 32.2. The third kappa shape index (κ3) is 4.73. The molecule has 118 valence electrons. The zero-order chi connectivity index (χ0) is 15.5. The number of nitrogens with zero attached hydrogens (tertiary/aromatic N) is 1. The summed E-state index contributed by atoms with van der Waals surface area (Å²) in [5, 5.41) is 0. The van der Waals surface area contributed by atoms with Crippen molar-refractivity contribution in [2.75, 3.05) is 25.4 Å². The number of rotatable bonds is 5. The van der Waals surface area contributed by atoms with Gasteiger partial charge in [-0.1, -0.05) is 38.1 Å². The first-order valence-corrected chi connectivity index (χ1v) is 9.07. The molecule has 0 spiro atoms. The molecule has 0 aromatic heterocycles. The van der Waals surface area contributed by atoms with Crippen LogP contribution in [0.3, 0.4) is 0 Å². The lowest BCUT2D eigenvalue weighted by Crippen LogP contribution is -2.46. The van der Waals surface area contributed by atoms with Crippen molar-refractivity contribution >= 4 is 11.8 Å². The zero-order valence-corrected chi connectivity index (χ0v) is 14.7. The molecule has 0 amide bonds. The largest absolute Gasteiger partial charge is 0.329 e. The molecule has 21 heavy (non-hydrogen) atoms. The summed E-state index contributed by atoms with van der Waals surface area (Å²) < 4.78 is 0.337. The smallest absolute Gasteiger partial charge is 0.0471 e. The first kappa shape index (κ1) is 16.9. The van der Waals surface area contributed by atoms with Crippen LogP contribution < -0.4 is 5.73 Å². The van der Waals surface area contributed by atoms with E-state index in [1.165, 1.54) is 16.9 Å². The fourth-order valence-electron chi connectivity index (χ4n) is 3.16. The van der Waals surface area contributed by atoms with Crippen LogP contribution in [0.4, 0.5) is 0 Å². The number of nitrogens with two attached hydrogens (primary N) is 1. The minimum Gasteiger partial charge on any atom is -0.329 e. The van der Waals surface area contributed by atoms with Crippen molar-refractivity contribution in [3.8, 4) is 0 Å². The molecule has 1 heterocycles. The van der Waals surface area contributed by atoms with Gasteiger partial charge in [-0.2, -0.15) is 11.8 Å². The van der Waals surface area contributed by atoms with Crippen molar-refractivity contribution in [1.29, 1.82) is 0 Å². The van der Waals surface area contributed by atoms with Crippen molar-refractivity contribution in [3.63, 3.8) is 0 Å². The Morgan fingerprint density at radius 3 is 2.43 bits per heavy atom. The molecule has 1 fully saturated rings. The van der Waals surface area contributed by atoms with Gasteiger partial charge in [0.25, 0.3) is 0 Å². The molecule has 1 atom stereocenters. The maximum Gasteiger partial charge on any atom is 0.0471 e. The SMILES string of the molecule is CC(C)Cc1ccc(C(CN)N2CCSC(C)(C)C2)cc1. The fraction of sp³-hybridized carbons (Fsp3) is 0.667. The standard InChI is InChI=1S/C18H30N2S/c1-14(2)11-15-5-7-16(8-6-15)17(12-19)20-9-10-21-18(3,4)13-20/h5-8,14,17H,9-13,19H2,1-4H3. The minimum absolute atomic E-state index is 0.337. The van der Waals surface area contributed by atoms with Gasteiger partial charge < -0.3 is 5.73 Å². The molecule has 1 aromatic rings. The summed E-state index contributed by atoms with van der Waals surface area (Å²) in [5.41, 5.74) is 8.89. The molecule has 1 aliphatic heterocycles.